The number of hydrogen-bond donors (Lipinski definition) is 2. The minimum absolute atomic E-state index is 0. The minimum Gasteiger partial charge on any atom is -0.316 e. The van der Waals surface area contributed by atoms with Gasteiger partial charge in [-0.2, -0.15) is 11.8 Å². The molecule has 2 aromatic rings. The lowest BCUT2D eigenvalue weighted by atomic mass is 10.1. The molecule has 2 heterocycles. The molecule has 3 rings (SSSR count). The molecule has 0 spiro atoms. The van der Waals surface area contributed by atoms with Crippen molar-refractivity contribution >= 4 is 46.4 Å². The highest BCUT2D eigenvalue weighted by Gasteiger charge is 2.18. The lowest BCUT2D eigenvalue weighted by Gasteiger charge is -2.22. The summed E-state index contributed by atoms with van der Waals surface area (Å²) in [6, 6.07) is 10.2. The van der Waals surface area contributed by atoms with Crippen LogP contribution in [-0.2, 0) is 4.79 Å². The Balaban J connectivity index is 0.00000176. The molecule has 0 bridgehead atoms. The van der Waals surface area contributed by atoms with Crippen molar-refractivity contribution in [1.82, 2.24) is 10.3 Å². The number of rotatable bonds is 4. The first-order chi connectivity index (χ1) is 10.3. The quantitative estimate of drug-likeness (QED) is 0.883. The number of halogens is 1. The highest BCUT2D eigenvalue weighted by atomic mass is 35.5. The van der Waals surface area contributed by atoms with Gasteiger partial charge in [0.1, 0.15) is 10.7 Å². The smallest absolute Gasteiger partial charge is 0.226 e. The van der Waals surface area contributed by atoms with Crippen molar-refractivity contribution in [2.45, 2.75) is 12.5 Å². The standard InChI is InChI=1S/C15H17N3OS2.ClH/c19-13(8-12-9-20-7-6-16-12)18-15-14(17-10-21-15)11-4-2-1-3-5-11;/h1-5,10,12,16H,6-9H2,(H,18,19);1H. The maximum atomic E-state index is 12.2. The largest absolute Gasteiger partial charge is 0.316 e. The van der Waals surface area contributed by atoms with Gasteiger partial charge in [-0.1, -0.05) is 30.3 Å². The first-order valence-corrected chi connectivity index (χ1v) is 8.96. The van der Waals surface area contributed by atoms with Gasteiger partial charge in [0.15, 0.2) is 0 Å². The second-order valence-electron chi connectivity index (χ2n) is 4.87. The molecule has 2 N–H and O–H groups in total. The van der Waals surface area contributed by atoms with Crippen LogP contribution in [-0.4, -0.2) is 35.0 Å². The number of benzene rings is 1. The van der Waals surface area contributed by atoms with Crippen molar-refractivity contribution in [3.05, 3.63) is 35.8 Å². The number of anilines is 1. The molecule has 1 aliphatic rings. The van der Waals surface area contributed by atoms with Gasteiger partial charge in [-0.3, -0.25) is 4.79 Å². The summed E-state index contributed by atoms with van der Waals surface area (Å²) in [5, 5.41) is 7.21. The van der Waals surface area contributed by atoms with E-state index in [1.54, 1.807) is 5.51 Å². The Morgan fingerprint density at radius 1 is 1.36 bits per heavy atom. The van der Waals surface area contributed by atoms with E-state index in [0.717, 1.165) is 34.3 Å². The topological polar surface area (TPSA) is 54.0 Å². The number of aromatic nitrogens is 1. The average molecular weight is 356 g/mol. The number of amides is 1. The van der Waals surface area contributed by atoms with Gasteiger partial charge in [-0.25, -0.2) is 4.98 Å². The van der Waals surface area contributed by atoms with Crippen LogP contribution in [0.4, 0.5) is 5.00 Å². The molecule has 1 amide bonds. The van der Waals surface area contributed by atoms with Crippen LogP contribution in [0.15, 0.2) is 35.8 Å². The Hall–Kier alpha value is -1.08. The van der Waals surface area contributed by atoms with E-state index < -0.39 is 0 Å². The molecule has 1 fully saturated rings. The van der Waals surface area contributed by atoms with Crippen LogP contribution >= 0.6 is 35.5 Å². The Morgan fingerprint density at radius 3 is 2.91 bits per heavy atom. The summed E-state index contributed by atoms with van der Waals surface area (Å²) in [4.78, 5) is 16.6. The van der Waals surface area contributed by atoms with Crippen LogP contribution in [0.25, 0.3) is 11.3 Å². The monoisotopic (exact) mass is 355 g/mol. The summed E-state index contributed by atoms with van der Waals surface area (Å²) in [5.74, 6) is 2.18. The number of carbonyl (C=O) groups is 1. The Kier molecular flexibility index (Phi) is 6.70. The fourth-order valence-electron chi connectivity index (χ4n) is 2.29. The Labute approximate surface area is 144 Å². The normalized spacial score (nSPS) is 17.5. The molecular formula is C15H18ClN3OS2. The van der Waals surface area contributed by atoms with Crippen LogP contribution in [0.5, 0.6) is 0 Å². The van der Waals surface area contributed by atoms with Crippen LogP contribution in [0.3, 0.4) is 0 Å². The van der Waals surface area contributed by atoms with E-state index in [4.69, 9.17) is 0 Å². The Morgan fingerprint density at radius 2 is 2.18 bits per heavy atom. The van der Waals surface area contributed by atoms with Gasteiger partial charge < -0.3 is 10.6 Å². The molecule has 1 aromatic heterocycles. The van der Waals surface area contributed by atoms with Crippen LogP contribution in [0.1, 0.15) is 6.42 Å². The van der Waals surface area contributed by atoms with Gasteiger partial charge in [-0.15, -0.1) is 23.7 Å². The van der Waals surface area contributed by atoms with Crippen molar-refractivity contribution in [3.63, 3.8) is 0 Å². The fourth-order valence-corrected chi connectivity index (χ4v) is 3.96. The third-order valence-electron chi connectivity index (χ3n) is 3.30. The second-order valence-corrected chi connectivity index (χ2v) is 6.88. The van der Waals surface area contributed by atoms with Gasteiger partial charge in [0.2, 0.25) is 5.91 Å². The van der Waals surface area contributed by atoms with Gasteiger partial charge in [-0.05, 0) is 0 Å². The first kappa shape index (κ1) is 17.3. The van der Waals surface area contributed by atoms with Crippen LogP contribution in [0.2, 0.25) is 0 Å². The lowest BCUT2D eigenvalue weighted by molar-refractivity contribution is -0.116. The van der Waals surface area contributed by atoms with E-state index >= 15 is 0 Å². The number of hydrogen-bond acceptors (Lipinski definition) is 5. The zero-order chi connectivity index (χ0) is 14.5. The molecule has 22 heavy (non-hydrogen) atoms. The Bertz CT molecular complexity index is 600. The first-order valence-electron chi connectivity index (χ1n) is 6.93. The molecule has 7 heteroatoms. The van der Waals surface area contributed by atoms with Gasteiger partial charge in [0.25, 0.3) is 0 Å². The van der Waals surface area contributed by atoms with Gasteiger partial charge >= 0.3 is 0 Å². The van der Waals surface area contributed by atoms with Crippen molar-refractivity contribution in [2.75, 3.05) is 23.4 Å². The van der Waals surface area contributed by atoms with E-state index in [-0.39, 0.29) is 24.4 Å². The summed E-state index contributed by atoms with van der Waals surface area (Å²) in [5.41, 5.74) is 3.65. The molecule has 1 aliphatic heterocycles. The molecule has 118 valence electrons. The molecule has 0 saturated carbocycles. The molecule has 0 aliphatic carbocycles. The summed E-state index contributed by atoms with van der Waals surface area (Å²) in [6.45, 7) is 0.985. The number of nitrogens with zero attached hydrogens (tertiary/aromatic N) is 1. The molecule has 4 nitrogen and oxygen atoms in total. The summed E-state index contributed by atoms with van der Waals surface area (Å²) in [7, 11) is 0. The number of nitrogens with one attached hydrogen (secondary N) is 2. The molecule has 0 radical (unpaired) electrons. The SMILES string of the molecule is Cl.O=C(CC1CSCCN1)Nc1scnc1-c1ccccc1. The number of thiazole rings is 1. The van der Waals surface area contributed by atoms with Crippen molar-refractivity contribution in [1.29, 1.82) is 0 Å². The molecule has 1 unspecified atom stereocenters. The van der Waals surface area contributed by atoms with E-state index in [2.05, 4.69) is 15.6 Å². The fraction of sp³-hybridized carbons (Fsp3) is 0.333. The number of thioether (sulfide) groups is 1. The number of carbonyl (C=O) groups excluding carboxylic acids is 1. The van der Waals surface area contributed by atoms with Gasteiger partial charge in [0.05, 0.1) is 5.51 Å². The van der Waals surface area contributed by atoms with Crippen molar-refractivity contribution in [2.24, 2.45) is 0 Å². The van der Waals surface area contributed by atoms with E-state index in [9.17, 15) is 4.79 Å². The van der Waals surface area contributed by atoms with Crippen LogP contribution < -0.4 is 10.6 Å². The molecule has 1 atom stereocenters. The highest BCUT2D eigenvalue weighted by Crippen LogP contribution is 2.30. The highest BCUT2D eigenvalue weighted by molar-refractivity contribution is 7.99. The van der Waals surface area contributed by atoms with E-state index in [1.807, 2.05) is 42.1 Å². The minimum atomic E-state index is 0. The van der Waals surface area contributed by atoms with Gasteiger partial charge in [0, 0.05) is 36.1 Å². The van der Waals surface area contributed by atoms with Crippen LogP contribution in [0, 0.1) is 0 Å². The molecule has 1 aromatic carbocycles. The lowest BCUT2D eigenvalue weighted by Crippen LogP contribution is -2.39. The van der Waals surface area contributed by atoms with E-state index in [1.165, 1.54) is 11.3 Å². The third-order valence-corrected chi connectivity index (χ3v) is 5.17. The maximum absolute atomic E-state index is 12.2. The molecular weight excluding hydrogens is 338 g/mol. The predicted molar refractivity (Wildman–Crippen MR) is 97.2 cm³/mol. The molecule has 1 saturated heterocycles. The zero-order valence-electron chi connectivity index (χ0n) is 12.0. The predicted octanol–water partition coefficient (Wildman–Crippen LogP) is 3.27. The third kappa shape index (κ3) is 4.46. The summed E-state index contributed by atoms with van der Waals surface area (Å²) in [6.07, 6.45) is 0.513. The van der Waals surface area contributed by atoms with Crippen molar-refractivity contribution < 1.29 is 4.79 Å². The van der Waals surface area contributed by atoms with E-state index in [0.29, 0.717) is 6.42 Å². The maximum Gasteiger partial charge on any atom is 0.226 e. The average Bonchev–Trinajstić information content (AvgIpc) is 2.97. The van der Waals surface area contributed by atoms with Crippen molar-refractivity contribution in [3.8, 4) is 11.3 Å². The summed E-state index contributed by atoms with van der Waals surface area (Å²) >= 11 is 3.37. The summed E-state index contributed by atoms with van der Waals surface area (Å²) < 4.78 is 0. The zero-order valence-corrected chi connectivity index (χ0v) is 14.4. The second kappa shape index (κ2) is 8.53.